The van der Waals surface area contributed by atoms with Crippen molar-refractivity contribution in [1.29, 1.82) is 0 Å². The van der Waals surface area contributed by atoms with Gasteiger partial charge in [0.1, 0.15) is 12.4 Å². The van der Waals surface area contributed by atoms with Crippen molar-refractivity contribution in [2.24, 2.45) is 0 Å². The monoisotopic (exact) mass is 229 g/mol. The summed E-state index contributed by atoms with van der Waals surface area (Å²) in [5.41, 5.74) is 0. The van der Waals surface area contributed by atoms with Crippen LogP contribution in [-0.4, -0.2) is 32.5 Å². The molecule has 83 valence electrons. The van der Waals surface area contributed by atoms with E-state index in [4.69, 9.17) is 9.84 Å². The van der Waals surface area contributed by atoms with Crippen molar-refractivity contribution >= 4 is 9.84 Å². The molecule has 0 aromatic heterocycles. The van der Waals surface area contributed by atoms with Crippen LogP contribution in [-0.2, 0) is 9.84 Å². The Balaban J connectivity index is 2.84. The van der Waals surface area contributed by atoms with Crippen molar-refractivity contribution in [2.75, 3.05) is 12.9 Å². The van der Waals surface area contributed by atoms with Gasteiger partial charge in [-0.15, -0.1) is 0 Å². The third-order valence-corrected chi connectivity index (χ3v) is 2.79. The molecular weight excluding hydrogens is 216 g/mol. The third-order valence-electron chi connectivity index (χ3n) is 1.68. The van der Waals surface area contributed by atoms with Crippen molar-refractivity contribution in [1.82, 2.24) is 0 Å². The molecule has 0 aliphatic heterocycles. The van der Waals surface area contributed by atoms with Crippen molar-refractivity contribution in [2.45, 2.75) is 11.0 Å². The van der Waals surface area contributed by atoms with Gasteiger partial charge in [-0.3, -0.25) is 0 Å². The van der Waals surface area contributed by atoms with E-state index in [1.165, 1.54) is 12.1 Å². The molecule has 0 saturated carbocycles. The lowest BCUT2D eigenvalue weighted by atomic mass is 10.3. The quantitative estimate of drug-likeness (QED) is 0.824. The van der Waals surface area contributed by atoms with Gasteiger partial charge in [-0.1, -0.05) is 6.07 Å². The zero-order valence-corrected chi connectivity index (χ0v) is 9.20. The third kappa shape index (κ3) is 3.89. The Labute approximate surface area is 89.4 Å². The number of sulfone groups is 1. The van der Waals surface area contributed by atoms with Crippen molar-refractivity contribution in [3.8, 4) is 5.75 Å². The molecule has 15 heavy (non-hydrogen) atoms. The largest absolute Gasteiger partial charge is 0.491 e. The van der Waals surface area contributed by atoms with Crippen molar-refractivity contribution in [3.05, 3.63) is 31.2 Å². The first-order valence-corrected chi connectivity index (χ1v) is 6.23. The minimum absolute atomic E-state index is 0.0349. The van der Waals surface area contributed by atoms with Gasteiger partial charge in [-0.05, 0) is 25.1 Å². The fourth-order valence-corrected chi connectivity index (χ4v) is 1.64. The molecule has 0 aliphatic carbocycles. The molecule has 0 aliphatic rings. The van der Waals surface area contributed by atoms with Gasteiger partial charge in [0.25, 0.3) is 0 Å². The number of aliphatic hydroxyl groups is 1. The number of benzene rings is 1. The van der Waals surface area contributed by atoms with Gasteiger partial charge in [0.15, 0.2) is 9.84 Å². The van der Waals surface area contributed by atoms with Crippen LogP contribution in [0.5, 0.6) is 5.75 Å². The van der Waals surface area contributed by atoms with Gasteiger partial charge < -0.3 is 9.84 Å². The van der Waals surface area contributed by atoms with Crippen molar-refractivity contribution < 1.29 is 18.3 Å². The molecule has 1 radical (unpaired) electrons. The summed E-state index contributed by atoms with van der Waals surface area (Å²) in [6.07, 6.45) is 0.300. The topological polar surface area (TPSA) is 63.6 Å². The summed E-state index contributed by atoms with van der Waals surface area (Å²) in [6.45, 7) is 3.37. The van der Waals surface area contributed by atoms with Crippen LogP contribution in [0.15, 0.2) is 29.2 Å². The highest BCUT2D eigenvalue weighted by atomic mass is 32.2. The van der Waals surface area contributed by atoms with Crippen LogP contribution in [0.2, 0.25) is 0 Å². The molecule has 0 heterocycles. The number of hydrogen-bond acceptors (Lipinski definition) is 4. The lowest BCUT2D eigenvalue weighted by Crippen LogP contribution is -2.13. The Kier molecular flexibility index (Phi) is 3.71. The molecule has 0 bridgehead atoms. The second kappa shape index (κ2) is 4.63. The zero-order chi connectivity index (χ0) is 11.5. The molecule has 1 rings (SSSR count). The molecule has 0 unspecified atom stereocenters. The van der Waals surface area contributed by atoms with E-state index in [0.29, 0.717) is 5.75 Å². The minimum atomic E-state index is -3.22. The van der Waals surface area contributed by atoms with Gasteiger partial charge in [-0.25, -0.2) is 8.42 Å². The fraction of sp³-hybridized carbons (Fsp3) is 0.300. The first-order chi connectivity index (χ1) is 6.89. The predicted molar refractivity (Wildman–Crippen MR) is 56.4 cm³/mol. The lowest BCUT2D eigenvalue weighted by molar-refractivity contribution is 0.142. The maximum absolute atomic E-state index is 11.2. The minimum Gasteiger partial charge on any atom is -0.491 e. The molecule has 0 fully saturated rings. The Morgan fingerprint density at radius 2 is 2.20 bits per heavy atom. The molecule has 0 amide bonds. The first-order valence-electron chi connectivity index (χ1n) is 4.33. The Morgan fingerprint density at radius 1 is 1.53 bits per heavy atom. The highest BCUT2D eigenvalue weighted by Crippen LogP contribution is 2.17. The highest BCUT2D eigenvalue weighted by molar-refractivity contribution is 7.90. The van der Waals surface area contributed by atoms with E-state index >= 15 is 0 Å². The van der Waals surface area contributed by atoms with Crippen LogP contribution in [0.1, 0.15) is 0 Å². The molecule has 1 atom stereocenters. The summed E-state index contributed by atoms with van der Waals surface area (Å²) in [5, 5.41) is 8.89. The number of ether oxygens (including phenoxy) is 1. The van der Waals surface area contributed by atoms with Gasteiger partial charge >= 0.3 is 0 Å². The Bertz CT molecular complexity index is 423. The Hall–Kier alpha value is -1.07. The van der Waals surface area contributed by atoms with Crippen LogP contribution >= 0.6 is 0 Å². The van der Waals surface area contributed by atoms with Gasteiger partial charge in [0, 0.05) is 6.26 Å². The van der Waals surface area contributed by atoms with Gasteiger partial charge in [-0.2, -0.15) is 0 Å². The van der Waals surface area contributed by atoms with Crippen LogP contribution < -0.4 is 4.74 Å². The molecule has 1 aromatic rings. The SMILES string of the molecule is [CH2][C@H](O)COc1cccc(S(C)(=O)=O)c1. The summed E-state index contributed by atoms with van der Waals surface area (Å²) in [5.74, 6) is 0.403. The second-order valence-corrected chi connectivity index (χ2v) is 5.23. The van der Waals surface area contributed by atoms with Gasteiger partial charge in [0.2, 0.25) is 0 Å². The summed E-state index contributed by atoms with van der Waals surface area (Å²) in [6, 6.07) is 6.11. The summed E-state index contributed by atoms with van der Waals surface area (Å²) in [4.78, 5) is 0.193. The summed E-state index contributed by atoms with van der Waals surface area (Å²) in [7, 11) is -3.22. The summed E-state index contributed by atoms with van der Waals surface area (Å²) >= 11 is 0. The number of hydrogen-bond donors (Lipinski definition) is 1. The fourth-order valence-electron chi connectivity index (χ4n) is 0.987. The lowest BCUT2D eigenvalue weighted by Gasteiger charge is -2.08. The smallest absolute Gasteiger partial charge is 0.175 e. The van der Waals surface area contributed by atoms with E-state index < -0.39 is 15.9 Å². The molecule has 0 saturated heterocycles. The molecule has 4 nitrogen and oxygen atoms in total. The van der Waals surface area contributed by atoms with Crippen LogP contribution in [0.25, 0.3) is 0 Å². The molecule has 5 heteroatoms. The average molecular weight is 229 g/mol. The zero-order valence-electron chi connectivity index (χ0n) is 8.38. The Morgan fingerprint density at radius 3 is 2.73 bits per heavy atom. The van der Waals surface area contributed by atoms with E-state index in [1.807, 2.05) is 0 Å². The number of aliphatic hydroxyl groups excluding tert-OH is 1. The highest BCUT2D eigenvalue weighted by Gasteiger charge is 2.08. The molecular formula is C10H13O4S. The average Bonchev–Trinajstić information content (AvgIpc) is 2.14. The van der Waals surface area contributed by atoms with E-state index in [1.54, 1.807) is 12.1 Å². The predicted octanol–water partition coefficient (Wildman–Crippen LogP) is 0.664. The van der Waals surface area contributed by atoms with E-state index in [0.717, 1.165) is 6.26 Å². The van der Waals surface area contributed by atoms with Crippen LogP contribution in [0.3, 0.4) is 0 Å². The molecule has 1 aromatic carbocycles. The second-order valence-electron chi connectivity index (χ2n) is 3.21. The van der Waals surface area contributed by atoms with E-state index in [9.17, 15) is 8.42 Å². The first kappa shape index (κ1) is 12.0. The van der Waals surface area contributed by atoms with Crippen LogP contribution in [0, 0.1) is 6.92 Å². The normalized spacial score (nSPS) is 13.5. The van der Waals surface area contributed by atoms with E-state index in [-0.39, 0.29) is 11.5 Å². The standard InChI is InChI=1S/C10H13O4S/c1-8(11)7-14-9-4-3-5-10(6-9)15(2,12)13/h3-6,8,11H,1,7H2,2H3/t8-/m0/s1. The van der Waals surface area contributed by atoms with Crippen molar-refractivity contribution in [3.63, 3.8) is 0 Å². The maximum Gasteiger partial charge on any atom is 0.175 e. The molecule has 0 spiro atoms. The maximum atomic E-state index is 11.2. The molecule has 1 N–H and O–H groups in total. The van der Waals surface area contributed by atoms with E-state index in [2.05, 4.69) is 6.92 Å². The summed E-state index contributed by atoms with van der Waals surface area (Å²) < 4.78 is 27.5. The van der Waals surface area contributed by atoms with Gasteiger partial charge in [0.05, 0.1) is 11.0 Å². The number of rotatable bonds is 4. The van der Waals surface area contributed by atoms with Crippen LogP contribution in [0.4, 0.5) is 0 Å².